The van der Waals surface area contributed by atoms with E-state index in [1.807, 2.05) is 12.1 Å². The van der Waals surface area contributed by atoms with Gasteiger partial charge in [-0.05, 0) is 36.4 Å². The van der Waals surface area contributed by atoms with Gasteiger partial charge < -0.3 is 19.2 Å². The highest BCUT2D eigenvalue weighted by Gasteiger charge is 2.20. The minimum absolute atomic E-state index is 0.191. The third kappa shape index (κ3) is 4.34. The lowest BCUT2D eigenvalue weighted by Crippen LogP contribution is -2.22. The number of fused-ring (bicyclic) bond motifs is 1. The van der Waals surface area contributed by atoms with Gasteiger partial charge in [0.25, 0.3) is 5.91 Å². The fourth-order valence-corrected chi connectivity index (χ4v) is 3.11. The van der Waals surface area contributed by atoms with Crippen LogP contribution in [0.2, 0.25) is 0 Å². The molecule has 0 aliphatic carbocycles. The fourth-order valence-electron chi connectivity index (χ4n) is 3.11. The average molecular weight is 430 g/mol. The maximum atomic E-state index is 12.7. The van der Waals surface area contributed by atoms with E-state index in [0.29, 0.717) is 16.7 Å². The normalized spacial score (nSPS) is 10.5. The number of hydrogen-bond acceptors (Lipinski definition) is 7. The van der Waals surface area contributed by atoms with Gasteiger partial charge in [0.2, 0.25) is 5.89 Å². The third-order valence-electron chi connectivity index (χ3n) is 4.61. The predicted molar refractivity (Wildman–Crippen MR) is 116 cm³/mol. The zero-order valence-electron chi connectivity index (χ0n) is 17.0. The molecular weight excluding hydrogens is 412 g/mol. The topological polar surface area (TPSA) is 108 Å². The predicted octanol–water partition coefficient (Wildman–Crippen LogP) is 4.08. The van der Waals surface area contributed by atoms with E-state index < -0.39 is 24.5 Å². The Hall–Kier alpha value is -4.46. The third-order valence-corrected chi connectivity index (χ3v) is 4.61. The molecule has 4 rings (SSSR count). The van der Waals surface area contributed by atoms with Crippen molar-refractivity contribution >= 4 is 34.6 Å². The highest BCUT2D eigenvalue weighted by Crippen LogP contribution is 2.27. The zero-order valence-corrected chi connectivity index (χ0v) is 17.0. The summed E-state index contributed by atoms with van der Waals surface area (Å²) in [4.78, 5) is 41.2. The van der Waals surface area contributed by atoms with E-state index in [1.165, 1.54) is 13.2 Å². The molecule has 0 fully saturated rings. The molecule has 4 aromatic rings. The van der Waals surface area contributed by atoms with E-state index in [4.69, 9.17) is 13.9 Å². The molecule has 32 heavy (non-hydrogen) atoms. The highest BCUT2D eigenvalue weighted by atomic mass is 16.5. The van der Waals surface area contributed by atoms with Crippen LogP contribution < -0.4 is 5.32 Å². The molecule has 8 heteroatoms. The Labute approximate surface area is 182 Å². The molecule has 0 aliphatic heterocycles. The van der Waals surface area contributed by atoms with Gasteiger partial charge in [-0.1, -0.05) is 36.4 Å². The lowest BCUT2D eigenvalue weighted by Gasteiger charge is -2.10. The van der Waals surface area contributed by atoms with E-state index in [2.05, 4.69) is 10.3 Å². The van der Waals surface area contributed by atoms with Crippen molar-refractivity contribution in [1.82, 2.24) is 4.98 Å². The highest BCUT2D eigenvalue weighted by molar-refractivity contribution is 6.03. The van der Waals surface area contributed by atoms with E-state index in [-0.39, 0.29) is 22.7 Å². The number of amides is 1. The quantitative estimate of drug-likeness (QED) is 0.459. The van der Waals surface area contributed by atoms with Crippen LogP contribution in [0.5, 0.6) is 0 Å². The molecule has 0 bridgehead atoms. The number of oxazole rings is 1. The van der Waals surface area contributed by atoms with Crippen molar-refractivity contribution in [2.45, 2.75) is 0 Å². The van der Waals surface area contributed by atoms with E-state index >= 15 is 0 Å². The summed E-state index contributed by atoms with van der Waals surface area (Å²) >= 11 is 0. The van der Waals surface area contributed by atoms with Crippen molar-refractivity contribution in [3.8, 4) is 11.5 Å². The number of carbonyl (C=O) groups is 3. The van der Waals surface area contributed by atoms with Crippen molar-refractivity contribution in [1.29, 1.82) is 0 Å². The Bertz CT molecular complexity index is 1280. The zero-order chi connectivity index (χ0) is 22.5. The summed E-state index contributed by atoms with van der Waals surface area (Å²) in [5, 5.41) is 2.55. The molecule has 1 N–H and O–H groups in total. The number of esters is 2. The Morgan fingerprint density at radius 3 is 2.34 bits per heavy atom. The van der Waals surface area contributed by atoms with Crippen LogP contribution in [0, 0.1) is 0 Å². The van der Waals surface area contributed by atoms with Crippen LogP contribution in [0.25, 0.3) is 22.6 Å². The Balaban J connectivity index is 1.48. The number of nitrogens with one attached hydrogen (secondary N) is 1. The SMILES string of the molecule is COC(=O)c1ccccc1NC(=O)COC(=O)c1ccccc1-c1nc2ccccc2o1. The van der Waals surface area contributed by atoms with Gasteiger partial charge in [0.15, 0.2) is 12.2 Å². The maximum Gasteiger partial charge on any atom is 0.339 e. The summed E-state index contributed by atoms with van der Waals surface area (Å²) in [5.74, 6) is -1.63. The first-order valence-electron chi connectivity index (χ1n) is 9.66. The van der Waals surface area contributed by atoms with Crippen molar-refractivity contribution in [2.24, 2.45) is 0 Å². The summed E-state index contributed by atoms with van der Waals surface area (Å²) < 4.78 is 15.6. The van der Waals surface area contributed by atoms with Gasteiger partial charge in [0.1, 0.15) is 5.52 Å². The standard InChI is InChI=1S/C24H18N2O6/c1-30-23(28)17-10-4-5-11-18(17)25-21(27)14-31-24(29)16-9-3-2-8-15(16)22-26-19-12-6-7-13-20(19)32-22/h2-13H,14H2,1H3,(H,25,27). The molecule has 0 spiro atoms. The van der Waals surface area contributed by atoms with Crippen molar-refractivity contribution < 1.29 is 28.3 Å². The van der Waals surface area contributed by atoms with Gasteiger partial charge in [0.05, 0.1) is 29.5 Å². The van der Waals surface area contributed by atoms with Gasteiger partial charge >= 0.3 is 11.9 Å². The van der Waals surface area contributed by atoms with Gasteiger partial charge in [-0.2, -0.15) is 0 Å². The molecule has 0 saturated carbocycles. The number of rotatable bonds is 6. The molecule has 1 amide bonds. The molecule has 160 valence electrons. The van der Waals surface area contributed by atoms with Crippen LogP contribution in [0.4, 0.5) is 5.69 Å². The molecule has 0 aliphatic rings. The van der Waals surface area contributed by atoms with Crippen LogP contribution in [-0.4, -0.2) is 36.5 Å². The first kappa shape index (κ1) is 20.8. The van der Waals surface area contributed by atoms with Crippen molar-refractivity contribution in [2.75, 3.05) is 19.0 Å². The lowest BCUT2D eigenvalue weighted by molar-refractivity contribution is -0.119. The smallest absolute Gasteiger partial charge is 0.339 e. The molecule has 1 heterocycles. The van der Waals surface area contributed by atoms with Crippen LogP contribution >= 0.6 is 0 Å². The number of methoxy groups -OCH3 is 1. The van der Waals surface area contributed by atoms with Crippen molar-refractivity contribution in [3.63, 3.8) is 0 Å². The molecular formula is C24H18N2O6. The molecule has 0 saturated heterocycles. The first-order chi connectivity index (χ1) is 15.6. The first-order valence-corrected chi connectivity index (χ1v) is 9.66. The Morgan fingerprint density at radius 2 is 1.56 bits per heavy atom. The second-order valence-electron chi connectivity index (χ2n) is 6.69. The number of anilines is 1. The second kappa shape index (κ2) is 9.13. The number of benzene rings is 3. The van der Waals surface area contributed by atoms with E-state index in [0.717, 1.165) is 0 Å². The largest absolute Gasteiger partial charge is 0.465 e. The van der Waals surface area contributed by atoms with Gasteiger partial charge in [-0.15, -0.1) is 0 Å². The summed E-state index contributed by atoms with van der Waals surface area (Å²) in [6, 6.07) is 20.3. The number of nitrogens with zero attached hydrogens (tertiary/aromatic N) is 1. The number of carbonyl (C=O) groups excluding carboxylic acids is 3. The molecule has 8 nitrogen and oxygen atoms in total. The van der Waals surface area contributed by atoms with Gasteiger partial charge in [0, 0.05) is 0 Å². The summed E-state index contributed by atoms with van der Waals surface area (Å²) in [5.41, 5.74) is 2.36. The van der Waals surface area contributed by atoms with Crippen LogP contribution in [0.3, 0.4) is 0 Å². The summed E-state index contributed by atoms with van der Waals surface area (Å²) in [7, 11) is 1.25. The van der Waals surface area contributed by atoms with Crippen LogP contribution in [0.15, 0.2) is 77.2 Å². The van der Waals surface area contributed by atoms with E-state index in [9.17, 15) is 14.4 Å². The maximum absolute atomic E-state index is 12.7. The van der Waals surface area contributed by atoms with Gasteiger partial charge in [-0.25, -0.2) is 14.6 Å². The number of ether oxygens (including phenoxy) is 2. The number of aromatic nitrogens is 1. The molecule has 1 aromatic heterocycles. The molecule has 0 atom stereocenters. The summed E-state index contributed by atoms with van der Waals surface area (Å²) in [6.45, 7) is -0.545. The fraction of sp³-hybridized carbons (Fsp3) is 0.0833. The van der Waals surface area contributed by atoms with Gasteiger partial charge in [-0.3, -0.25) is 4.79 Å². The second-order valence-corrected chi connectivity index (χ2v) is 6.69. The molecule has 0 radical (unpaired) electrons. The summed E-state index contributed by atoms with van der Waals surface area (Å²) in [6.07, 6.45) is 0. The number of hydrogen-bond donors (Lipinski definition) is 1. The lowest BCUT2D eigenvalue weighted by atomic mass is 10.1. The Morgan fingerprint density at radius 1 is 0.875 bits per heavy atom. The average Bonchev–Trinajstić information content (AvgIpc) is 3.26. The van der Waals surface area contributed by atoms with Crippen LogP contribution in [-0.2, 0) is 14.3 Å². The minimum atomic E-state index is -0.709. The molecule has 3 aromatic carbocycles. The van der Waals surface area contributed by atoms with E-state index in [1.54, 1.807) is 54.6 Å². The number of para-hydroxylation sites is 3. The monoisotopic (exact) mass is 430 g/mol. The van der Waals surface area contributed by atoms with Crippen molar-refractivity contribution in [3.05, 3.63) is 83.9 Å². The Kier molecular flexibility index (Phi) is 5.94. The minimum Gasteiger partial charge on any atom is -0.465 e. The van der Waals surface area contributed by atoms with Crippen LogP contribution in [0.1, 0.15) is 20.7 Å². The molecule has 0 unspecified atom stereocenters.